The largest absolute Gasteiger partial charge is 0.378 e. The van der Waals surface area contributed by atoms with Crippen LogP contribution >= 0.6 is 0 Å². The van der Waals surface area contributed by atoms with Crippen LogP contribution in [0.4, 0.5) is 4.79 Å². The molecule has 2 aromatic heterocycles. The molecule has 0 spiro atoms. The fourth-order valence-electron chi connectivity index (χ4n) is 6.34. The lowest BCUT2D eigenvalue weighted by molar-refractivity contribution is -0.00296. The number of aromatic amines is 1. The standard InChI is InChI=1S/C27H32N6O3/c1-16-10-29-26-25(16)31-23(11-30-26)18-8-17-4-6-32(27(34)33-19-2-3-20(33)14-36-13-19)12-22(17)21(9-18)24-15-35-7-5-28-24/h8-11,19-20,24,28H,2-7,12-15H2,1H3,(H,29,30)/t19?,20?,24-/m0/s1. The van der Waals surface area contributed by atoms with Crippen LogP contribution in [0.5, 0.6) is 0 Å². The van der Waals surface area contributed by atoms with E-state index < -0.39 is 0 Å². The number of morpholine rings is 2. The summed E-state index contributed by atoms with van der Waals surface area (Å²) in [6, 6.07) is 5.18. The number of benzene rings is 1. The molecule has 2 N–H and O–H groups in total. The molecule has 0 aliphatic carbocycles. The van der Waals surface area contributed by atoms with E-state index in [0.717, 1.165) is 66.9 Å². The zero-order valence-electron chi connectivity index (χ0n) is 20.6. The van der Waals surface area contributed by atoms with Crippen LogP contribution in [0.25, 0.3) is 22.4 Å². The van der Waals surface area contributed by atoms with Crippen molar-refractivity contribution in [3.05, 3.63) is 46.8 Å². The highest BCUT2D eigenvalue weighted by atomic mass is 16.5. The van der Waals surface area contributed by atoms with Gasteiger partial charge >= 0.3 is 6.03 Å². The molecule has 3 aromatic rings. The fourth-order valence-corrected chi connectivity index (χ4v) is 6.34. The van der Waals surface area contributed by atoms with Crippen molar-refractivity contribution in [3.8, 4) is 11.3 Å². The van der Waals surface area contributed by atoms with Gasteiger partial charge in [0.05, 0.1) is 56.4 Å². The Morgan fingerprint density at radius 1 is 1.14 bits per heavy atom. The molecule has 9 nitrogen and oxygen atoms in total. The number of aryl methyl sites for hydroxylation is 1. The van der Waals surface area contributed by atoms with E-state index >= 15 is 0 Å². The molecule has 6 heterocycles. The van der Waals surface area contributed by atoms with Crippen molar-refractivity contribution in [1.82, 2.24) is 30.1 Å². The predicted molar refractivity (Wildman–Crippen MR) is 135 cm³/mol. The van der Waals surface area contributed by atoms with Crippen LogP contribution < -0.4 is 5.32 Å². The van der Waals surface area contributed by atoms with Gasteiger partial charge in [-0.1, -0.05) is 0 Å². The Morgan fingerprint density at radius 2 is 2.00 bits per heavy atom. The van der Waals surface area contributed by atoms with Crippen molar-refractivity contribution >= 4 is 17.2 Å². The highest BCUT2D eigenvalue weighted by molar-refractivity contribution is 5.79. The van der Waals surface area contributed by atoms with E-state index in [2.05, 4.69) is 32.3 Å². The van der Waals surface area contributed by atoms with Crippen LogP contribution in [0.3, 0.4) is 0 Å². The number of carbonyl (C=O) groups excluding carboxylic acids is 1. The number of ether oxygens (including phenoxy) is 2. The van der Waals surface area contributed by atoms with Gasteiger partial charge in [-0.2, -0.15) is 0 Å². The molecule has 188 valence electrons. The van der Waals surface area contributed by atoms with Crippen molar-refractivity contribution < 1.29 is 14.3 Å². The number of H-pyrrole nitrogens is 1. The highest BCUT2D eigenvalue weighted by Gasteiger charge is 2.42. The number of carbonyl (C=O) groups is 1. The zero-order chi connectivity index (χ0) is 24.2. The molecule has 9 heteroatoms. The average molecular weight is 489 g/mol. The Kier molecular flexibility index (Phi) is 5.45. The molecule has 3 saturated heterocycles. The third-order valence-electron chi connectivity index (χ3n) is 8.27. The fraction of sp³-hybridized carbons (Fsp3) is 0.519. The Labute approximate surface area is 210 Å². The minimum absolute atomic E-state index is 0.0905. The summed E-state index contributed by atoms with van der Waals surface area (Å²) in [7, 11) is 0. The van der Waals surface area contributed by atoms with Gasteiger partial charge in [0.15, 0.2) is 5.65 Å². The summed E-state index contributed by atoms with van der Waals surface area (Å²) in [5.41, 5.74) is 8.48. The number of fused-ring (bicyclic) bond motifs is 4. The number of nitrogens with zero attached hydrogens (tertiary/aromatic N) is 4. The quantitative estimate of drug-likeness (QED) is 0.576. The van der Waals surface area contributed by atoms with Crippen molar-refractivity contribution in [2.75, 3.05) is 39.5 Å². The lowest BCUT2D eigenvalue weighted by atomic mass is 9.88. The van der Waals surface area contributed by atoms with Gasteiger partial charge in [0, 0.05) is 31.4 Å². The predicted octanol–water partition coefficient (Wildman–Crippen LogP) is 2.94. The smallest absolute Gasteiger partial charge is 0.320 e. The number of nitrogens with one attached hydrogen (secondary N) is 2. The molecule has 0 saturated carbocycles. The highest BCUT2D eigenvalue weighted by Crippen LogP contribution is 2.35. The number of hydrogen-bond acceptors (Lipinski definition) is 6. The zero-order valence-corrected chi connectivity index (χ0v) is 20.6. The van der Waals surface area contributed by atoms with Gasteiger partial charge in [-0.25, -0.2) is 14.8 Å². The van der Waals surface area contributed by atoms with E-state index in [0.29, 0.717) is 26.4 Å². The normalized spacial score (nSPS) is 25.9. The Hall–Kier alpha value is -3.01. The van der Waals surface area contributed by atoms with Gasteiger partial charge < -0.3 is 29.6 Å². The molecule has 2 bridgehead atoms. The summed E-state index contributed by atoms with van der Waals surface area (Å²) in [6.07, 6.45) is 6.72. The van der Waals surface area contributed by atoms with Crippen molar-refractivity contribution in [3.63, 3.8) is 0 Å². The first kappa shape index (κ1) is 22.2. The maximum absolute atomic E-state index is 13.7. The molecular formula is C27H32N6O3. The summed E-state index contributed by atoms with van der Waals surface area (Å²) in [6.45, 7) is 6.88. The van der Waals surface area contributed by atoms with Gasteiger partial charge in [0.1, 0.15) is 5.52 Å². The monoisotopic (exact) mass is 488 g/mol. The summed E-state index contributed by atoms with van der Waals surface area (Å²) >= 11 is 0. The molecule has 7 rings (SSSR count). The second-order valence-electron chi connectivity index (χ2n) is 10.5. The number of rotatable bonds is 2. The van der Waals surface area contributed by atoms with Crippen LogP contribution in [0.15, 0.2) is 24.5 Å². The minimum Gasteiger partial charge on any atom is -0.378 e. The number of urea groups is 1. The van der Waals surface area contributed by atoms with E-state index in [1.165, 1.54) is 16.7 Å². The number of aromatic nitrogens is 3. The summed E-state index contributed by atoms with van der Waals surface area (Å²) in [5, 5.41) is 3.63. The molecule has 3 fully saturated rings. The summed E-state index contributed by atoms with van der Waals surface area (Å²) < 4.78 is 11.6. The van der Waals surface area contributed by atoms with Crippen LogP contribution in [-0.2, 0) is 22.4 Å². The van der Waals surface area contributed by atoms with E-state index in [4.69, 9.17) is 14.5 Å². The number of amides is 2. The SMILES string of the molecule is Cc1c[nH]c2ncc(-c3cc4c(c([C@@H]5COCCN5)c3)CN(C(=O)N3C5CCC3COC5)CC4)nc12. The van der Waals surface area contributed by atoms with Gasteiger partial charge in [-0.3, -0.25) is 0 Å². The second kappa shape index (κ2) is 8.83. The third kappa shape index (κ3) is 3.68. The van der Waals surface area contributed by atoms with E-state index in [-0.39, 0.29) is 24.2 Å². The van der Waals surface area contributed by atoms with Crippen molar-refractivity contribution in [2.45, 2.75) is 50.9 Å². The Morgan fingerprint density at radius 3 is 2.81 bits per heavy atom. The first-order valence-corrected chi connectivity index (χ1v) is 13.1. The first-order valence-electron chi connectivity index (χ1n) is 13.1. The third-order valence-corrected chi connectivity index (χ3v) is 8.27. The molecule has 0 radical (unpaired) electrons. The average Bonchev–Trinajstić information content (AvgIpc) is 3.42. The van der Waals surface area contributed by atoms with Gasteiger partial charge in [-0.05, 0) is 60.6 Å². The molecule has 3 atom stereocenters. The Bertz CT molecular complexity index is 1300. The van der Waals surface area contributed by atoms with Crippen LogP contribution in [0, 0.1) is 6.92 Å². The first-order chi connectivity index (χ1) is 17.7. The number of hydrogen-bond donors (Lipinski definition) is 2. The van der Waals surface area contributed by atoms with E-state index in [1.807, 2.05) is 24.2 Å². The van der Waals surface area contributed by atoms with E-state index in [9.17, 15) is 4.79 Å². The lowest BCUT2D eigenvalue weighted by Crippen LogP contribution is -2.55. The maximum atomic E-state index is 13.7. The molecule has 1 aromatic carbocycles. The Balaban J connectivity index is 1.25. The molecule has 2 unspecified atom stereocenters. The van der Waals surface area contributed by atoms with Crippen LogP contribution in [0.2, 0.25) is 0 Å². The van der Waals surface area contributed by atoms with Crippen LogP contribution in [-0.4, -0.2) is 82.4 Å². The van der Waals surface area contributed by atoms with Crippen LogP contribution in [0.1, 0.15) is 41.1 Å². The summed E-state index contributed by atoms with van der Waals surface area (Å²) in [5.74, 6) is 0. The van der Waals surface area contributed by atoms with Crippen molar-refractivity contribution in [1.29, 1.82) is 0 Å². The van der Waals surface area contributed by atoms with Crippen molar-refractivity contribution in [2.24, 2.45) is 0 Å². The topological polar surface area (TPSA) is 95.6 Å². The molecule has 2 amide bonds. The maximum Gasteiger partial charge on any atom is 0.320 e. The van der Waals surface area contributed by atoms with Gasteiger partial charge in [0.2, 0.25) is 0 Å². The molecule has 4 aliphatic heterocycles. The van der Waals surface area contributed by atoms with E-state index in [1.54, 1.807) is 0 Å². The van der Waals surface area contributed by atoms with Gasteiger partial charge in [-0.15, -0.1) is 0 Å². The van der Waals surface area contributed by atoms with Gasteiger partial charge in [0.25, 0.3) is 0 Å². The minimum atomic E-state index is 0.0905. The second-order valence-corrected chi connectivity index (χ2v) is 10.5. The molecular weight excluding hydrogens is 456 g/mol. The summed E-state index contributed by atoms with van der Waals surface area (Å²) in [4.78, 5) is 30.5. The molecule has 36 heavy (non-hydrogen) atoms. The molecule has 4 aliphatic rings. The lowest BCUT2D eigenvalue weighted by Gasteiger charge is -2.40.